The van der Waals surface area contributed by atoms with E-state index in [0.717, 1.165) is 13.1 Å². The van der Waals surface area contributed by atoms with Gasteiger partial charge >= 0.3 is 0 Å². The summed E-state index contributed by atoms with van der Waals surface area (Å²) >= 11 is 0. The van der Waals surface area contributed by atoms with Crippen molar-refractivity contribution < 1.29 is 14.3 Å². The van der Waals surface area contributed by atoms with E-state index in [9.17, 15) is 9.59 Å². The molecule has 2 amide bonds. The molecule has 21 heavy (non-hydrogen) atoms. The normalized spacial score (nSPS) is 21.8. The van der Waals surface area contributed by atoms with Crippen LogP contribution in [0.25, 0.3) is 0 Å². The smallest absolute Gasteiger partial charge is 0.265 e. The lowest BCUT2D eigenvalue weighted by atomic mass is 10.2. The molecule has 0 bridgehead atoms. The van der Waals surface area contributed by atoms with Crippen LogP contribution in [0.4, 0.5) is 5.69 Å². The van der Waals surface area contributed by atoms with Crippen LogP contribution in [0.3, 0.4) is 0 Å². The number of hydrogen-bond donors (Lipinski definition) is 1. The predicted octanol–water partition coefficient (Wildman–Crippen LogP) is 0.232. The van der Waals surface area contributed by atoms with Crippen molar-refractivity contribution in [1.29, 1.82) is 0 Å². The van der Waals surface area contributed by atoms with Crippen molar-refractivity contribution in [2.75, 3.05) is 37.7 Å². The molecule has 6 heteroatoms. The number of nitrogens with zero attached hydrogens (tertiary/aromatic N) is 2. The third kappa shape index (κ3) is 2.71. The van der Waals surface area contributed by atoms with Crippen LogP contribution in [0, 0.1) is 0 Å². The van der Waals surface area contributed by atoms with E-state index in [2.05, 4.69) is 5.32 Å². The molecule has 1 saturated heterocycles. The fourth-order valence-electron chi connectivity index (χ4n) is 2.76. The predicted molar refractivity (Wildman–Crippen MR) is 78.3 cm³/mol. The molecular formula is C15H19N3O3. The molecular weight excluding hydrogens is 270 g/mol. The standard InChI is InChI=1S/C15H19N3O3/c1-11-8-16-6-7-17(11)14(19)9-18-12-4-2-3-5-13(12)21-10-15(18)20/h2-5,11,16H,6-10H2,1H3/t11-/m0/s1. The average Bonchev–Trinajstić information content (AvgIpc) is 2.50. The van der Waals surface area contributed by atoms with E-state index in [4.69, 9.17) is 4.74 Å². The maximum Gasteiger partial charge on any atom is 0.265 e. The largest absolute Gasteiger partial charge is 0.482 e. The summed E-state index contributed by atoms with van der Waals surface area (Å²) in [4.78, 5) is 27.9. The Balaban J connectivity index is 1.77. The van der Waals surface area contributed by atoms with Crippen molar-refractivity contribution in [3.05, 3.63) is 24.3 Å². The van der Waals surface area contributed by atoms with E-state index >= 15 is 0 Å². The molecule has 3 rings (SSSR count). The molecule has 2 heterocycles. The van der Waals surface area contributed by atoms with Gasteiger partial charge in [0.05, 0.1) is 5.69 Å². The molecule has 0 aliphatic carbocycles. The number of fused-ring (bicyclic) bond motifs is 1. The van der Waals surface area contributed by atoms with Gasteiger partial charge in [-0.1, -0.05) is 12.1 Å². The van der Waals surface area contributed by atoms with E-state index in [-0.39, 0.29) is 31.0 Å². The van der Waals surface area contributed by atoms with Gasteiger partial charge in [-0.3, -0.25) is 14.5 Å². The number of para-hydroxylation sites is 2. The van der Waals surface area contributed by atoms with Crippen LogP contribution in [0.1, 0.15) is 6.92 Å². The molecule has 0 unspecified atom stereocenters. The summed E-state index contributed by atoms with van der Waals surface area (Å²) in [5, 5.41) is 3.25. The Labute approximate surface area is 123 Å². The van der Waals surface area contributed by atoms with E-state index in [0.29, 0.717) is 18.0 Å². The van der Waals surface area contributed by atoms with Gasteiger partial charge in [0.1, 0.15) is 12.3 Å². The van der Waals surface area contributed by atoms with Gasteiger partial charge in [-0.15, -0.1) is 0 Å². The fraction of sp³-hybridized carbons (Fsp3) is 0.467. The number of anilines is 1. The van der Waals surface area contributed by atoms with E-state index in [1.165, 1.54) is 4.90 Å². The number of hydrogen-bond acceptors (Lipinski definition) is 4. The molecule has 0 radical (unpaired) electrons. The lowest BCUT2D eigenvalue weighted by Crippen LogP contribution is -2.55. The summed E-state index contributed by atoms with van der Waals surface area (Å²) in [7, 11) is 0. The first-order chi connectivity index (χ1) is 10.2. The molecule has 0 saturated carbocycles. The minimum Gasteiger partial charge on any atom is -0.482 e. The Hall–Kier alpha value is -2.08. The molecule has 1 fully saturated rings. The van der Waals surface area contributed by atoms with Gasteiger partial charge in [-0.05, 0) is 19.1 Å². The Bertz CT molecular complexity index is 561. The fourth-order valence-corrected chi connectivity index (χ4v) is 2.76. The topological polar surface area (TPSA) is 61.9 Å². The molecule has 1 N–H and O–H groups in total. The quantitative estimate of drug-likeness (QED) is 0.847. The SMILES string of the molecule is C[C@H]1CNCCN1C(=O)CN1C(=O)COc2ccccc21. The number of benzene rings is 1. The van der Waals surface area contributed by atoms with Crippen LogP contribution in [-0.2, 0) is 9.59 Å². The second-order valence-corrected chi connectivity index (χ2v) is 5.38. The Morgan fingerprint density at radius 1 is 1.43 bits per heavy atom. The number of ether oxygens (including phenoxy) is 1. The van der Waals surface area contributed by atoms with Gasteiger partial charge < -0.3 is 15.0 Å². The van der Waals surface area contributed by atoms with Gasteiger partial charge in [0.2, 0.25) is 5.91 Å². The molecule has 1 atom stereocenters. The van der Waals surface area contributed by atoms with E-state index < -0.39 is 0 Å². The first-order valence-electron chi connectivity index (χ1n) is 7.19. The third-order valence-electron chi connectivity index (χ3n) is 3.92. The van der Waals surface area contributed by atoms with Crippen molar-refractivity contribution in [3.8, 4) is 5.75 Å². The summed E-state index contributed by atoms with van der Waals surface area (Å²) in [6, 6.07) is 7.46. The maximum atomic E-state index is 12.5. The zero-order valence-corrected chi connectivity index (χ0v) is 12.0. The lowest BCUT2D eigenvalue weighted by Gasteiger charge is -2.36. The summed E-state index contributed by atoms with van der Waals surface area (Å²) in [5.41, 5.74) is 0.671. The highest BCUT2D eigenvalue weighted by molar-refractivity contribution is 6.02. The lowest BCUT2D eigenvalue weighted by molar-refractivity contribution is -0.134. The monoisotopic (exact) mass is 289 g/mol. The molecule has 2 aliphatic heterocycles. The molecule has 6 nitrogen and oxygen atoms in total. The van der Waals surface area contributed by atoms with Gasteiger partial charge in [0.25, 0.3) is 5.91 Å². The van der Waals surface area contributed by atoms with Crippen molar-refractivity contribution >= 4 is 17.5 Å². The summed E-state index contributed by atoms with van der Waals surface area (Å²) in [5.74, 6) is 0.456. The zero-order chi connectivity index (χ0) is 14.8. The second-order valence-electron chi connectivity index (χ2n) is 5.38. The highest BCUT2D eigenvalue weighted by atomic mass is 16.5. The van der Waals surface area contributed by atoms with Gasteiger partial charge in [0, 0.05) is 25.7 Å². The first-order valence-corrected chi connectivity index (χ1v) is 7.19. The number of carbonyl (C=O) groups excluding carboxylic acids is 2. The third-order valence-corrected chi connectivity index (χ3v) is 3.92. The second kappa shape index (κ2) is 5.73. The molecule has 0 aromatic heterocycles. The highest BCUT2D eigenvalue weighted by Crippen LogP contribution is 2.31. The zero-order valence-electron chi connectivity index (χ0n) is 12.0. The number of carbonyl (C=O) groups is 2. The van der Waals surface area contributed by atoms with Crippen molar-refractivity contribution in [2.45, 2.75) is 13.0 Å². The average molecular weight is 289 g/mol. The molecule has 0 spiro atoms. The van der Waals surface area contributed by atoms with Crippen molar-refractivity contribution in [1.82, 2.24) is 10.2 Å². The van der Waals surface area contributed by atoms with Gasteiger partial charge in [-0.2, -0.15) is 0 Å². The molecule has 1 aromatic carbocycles. The van der Waals surface area contributed by atoms with Crippen LogP contribution in [-0.4, -0.2) is 55.5 Å². The Morgan fingerprint density at radius 2 is 2.24 bits per heavy atom. The number of nitrogens with one attached hydrogen (secondary N) is 1. The summed E-state index contributed by atoms with van der Waals surface area (Å²) in [6.45, 7) is 4.34. The van der Waals surface area contributed by atoms with E-state index in [1.807, 2.05) is 30.0 Å². The van der Waals surface area contributed by atoms with Crippen LogP contribution >= 0.6 is 0 Å². The Kier molecular flexibility index (Phi) is 3.79. The molecule has 1 aromatic rings. The van der Waals surface area contributed by atoms with Crippen molar-refractivity contribution in [2.24, 2.45) is 0 Å². The molecule has 2 aliphatic rings. The van der Waals surface area contributed by atoms with Gasteiger partial charge in [0.15, 0.2) is 6.61 Å². The summed E-state index contributed by atoms with van der Waals surface area (Å²) in [6.07, 6.45) is 0. The van der Waals surface area contributed by atoms with Crippen molar-refractivity contribution in [3.63, 3.8) is 0 Å². The summed E-state index contributed by atoms with van der Waals surface area (Å²) < 4.78 is 5.39. The van der Waals surface area contributed by atoms with Crippen LogP contribution in [0.15, 0.2) is 24.3 Å². The van der Waals surface area contributed by atoms with E-state index in [1.54, 1.807) is 6.07 Å². The minimum absolute atomic E-state index is 0.0125. The first kappa shape index (κ1) is 13.9. The van der Waals surface area contributed by atoms with Crippen LogP contribution in [0.5, 0.6) is 5.75 Å². The number of rotatable bonds is 2. The minimum atomic E-state index is -0.176. The highest BCUT2D eigenvalue weighted by Gasteiger charge is 2.30. The van der Waals surface area contributed by atoms with Gasteiger partial charge in [-0.25, -0.2) is 0 Å². The van der Waals surface area contributed by atoms with Crippen LogP contribution < -0.4 is 15.0 Å². The Morgan fingerprint density at radius 3 is 3.05 bits per heavy atom. The molecule has 112 valence electrons. The van der Waals surface area contributed by atoms with Crippen LogP contribution in [0.2, 0.25) is 0 Å². The number of piperazine rings is 1. The number of amides is 2. The maximum absolute atomic E-state index is 12.5.